The zero-order chi connectivity index (χ0) is 22.9. The number of fused-ring (bicyclic) bond motifs is 1. The Kier molecular flexibility index (Phi) is 7.91. The number of rotatable bonds is 9. The van der Waals surface area contributed by atoms with Crippen molar-refractivity contribution in [3.63, 3.8) is 0 Å². The summed E-state index contributed by atoms with van der Waals surface area (Å²) < 4.78 is 11.6. The molecule has 0 saturated heterocycles. The van der Waals surface area contributed by atoms with Crippen LogP contribution in [0, 0.1) is 22.7 Å². The standard InChI is InChI=1S/C24H21BrN4O3/c1-2-31-22-13-16(12-20(25)23(22)32-10-8-26)11-18(14-27)24(30)28-9-7-17-15-29-21-6-4-3-5-19(17)21/h3-6,11-13,15,29H,2,7,9-10H2,1H3,(H,28,30)/b18-11-. The van der Waals surface area contributed by atoms with Gasteiger partial charge in [0.25, 0.3) is 5.91 Å². The Hall–Kier alpha value is -3.75. The number of hydrogen-bond acceptors (Lipinski definition) is 5. The first-order valence-corrected chi connectivity index (χ1v) is 10.8. The van der Waals surface area contributed by atoms with E-state index < -0.39 is 5.91 Å². The van der Waals surface area contributed by atoms with Crippen molar-refractivity contribution in [2.24, 2.45) is 0 Å². The highest BCUT2D eigenvalue weighted by Gasteiger charge is 2.14. The van der Waals surface area contributed by atoms with Crippen LogP contribution in [-0.2, 0) is 11.2 Å². The Bertz CT molecular complexity index is 1230. The van der Waals surface area contributed by atoms with Gasteiger partial charge in [0.05, 0.1) is 11.1 Å². The molecule has 7 nitrogen and oxygen atoms in total. The van der Waals surface area contributed by atoms with Crippen LogP contribution in [0.5, 0.6) is 11.5 Å². The Morgan fingerprint density at radius 1 is 1.25 bits per heavy atom. The van der Waals surface area contributed by atoms with Gasteiger partial charge in [0.2, 0.25) is 0 Å². The molecule has 3 aromatic rings. The van der Waals surface area contributed by atoms with Crippen LogP contribution in [0.25, 0.3) is 17.0 Å². The lowest BCUT2D eigenvalue weighted by molar-refractivity contribution is -0.117. The normalized spacial score (nSPS) is 10.9. The number of H-pyrrole nitrogens is 1. The molecule has 3 rings (SSSR count). The minimum atomic E-state index is -0.453. The number of nitriles is 2. The SMILES string of the molecule is CCOc1cc(/C=C(/C#N)C(=O)NCCc2c[nH]c3ccccc23)cc(Br)c1OCC#N. The van der Waals surface area contributed by atoms with Gasteiger partial charge in [-0.1, -0.05) is 18.2 Å². The number of nitrogens with one attached hydrogen (secondary N) is 2. The van der Waals surface area contributed by atoms with Crippen LogP contribution in [0.2, 0.25) is 0 Å². The number of hydrogen-bond donors (Lipinski definition) is 2. The van der Waals surface area contributed by atoms with Crippen molar-refractivity contribution in [2.45, 2.75) is 13.3 Å². The summed E-state index contributed by atoms with van der Waals surface area (Å²) in [4.78, 5) is 15.8. The second kappa shape index (κ2) is 11.0. The third kappa shape index (κ3) is 5.48. The number of carbonyl (C=O) groups excluding carboxylic acids is 1. The van der Waals surface area contributed by atoms with Crippen LogP contribution in [0.4, 0.5) is 0 Å². The number of aromatic nitrogens is 1. The molecule has 2 N–H and O–H groups in total. The molecule has 0 radical (unpaired) electrons. The van der Waals surface area contributed by atoms with E-state index in [2.05, 4.69) is 26.2 Å². The number of aromatic amines is 1. The van der Waals surface area contributed by atoms with Gasteiger partial charge in [0, 0.05) is 23.6 Å². The van der Waals surface area contributed by atoms with Crippen LogP contribution < -0.4 is 14.8 Å². The van der Waals surface area contributed by atoms with E-state index in [-0.39, 0.29) is 12.2 Å². The average molecular weight is 493 g/mol. The predicted octanol–water partition coefficient (Wildman–Crippen LogP) is 4.50. The minimum absolute atomic E-state index is 0.0241. The van der Waals surface area contributed by atoms with Gasteiger partial charge >= 0.3 is 0 Å². The fraction of sp³-hybridized carbons (Fsp3) is 0.208. The average Bonchev–Trinajstić information content (AvgIpc) is 3.20. The van der Waals surface area contributed by atoms with Gasteiger partial charge in [-0.05, 0) is 64.7 Å². The monoisotopic (exact) mass is 492 g/mol. The summed E-state index contributed by atoms with van der Waals surface area (Å²) in [5.74, 6) is 0.360. The van der Waals surface area contributed by atoms with Crippen molar-refractivity contribution >= 4 is 38.8 Å². The summed E-state index contributed by atoms with van der Waals surface area (Å²) in [6.45, 7) is 2.49. The second-order valence-corrected chi connectivity index (χ2v) is 7.60. The van der Waals surface area contributed by atoms with E-state index in [1.165, 1.54) is 6.08 Å². The molecule has 0 unspecified atom stereocenters. The van der Waals surface area contributed by atoms with Crippen LogP contribution in [0.3, 0.4) is 0 Å². The molecule has 162 valence electrons. The quantitative estimate of drug-likeness (QED) is 0.337. The van der Waals surface area contributed by atoms with Crippen molar-refractivity contribution in [2.75, 3.05) is 19.8 Å². The molecule has 0 aliphatic rings. The molecule has 0 bridgehead atoms. The van der Waals surface area contributed by atoms with Crippen molar-refractivity contribution in [1.29, 1.82) is 10.5 Å². The minimum Gasteiger partial charge on any atom is -0.490 e. The molecular formula is C24H21BrN4O3. The first kappa shape index (κ1) is 22.9. The van der Waals surface area contributed by atoms with E-state index in [4.69, 9.17) is 14.7 Å². The largest absolute Gasteiger partial charge is 0.490 e. The molecule has 0 saturated carbocycles. The molecule has 0 atom stereocenters. The number of benzene rings is 2. The zero-order valence-corrected chi connectivity index (χ0v) is 19.0. The fourth-order valence-corrected chi connectivity index (χ4v) is 3.81. The second-order valence-electron chi connectivity index (χ2n) is 6.75. The van der Waals surface area contributed by atoms with E-state index in [1.807, 2.05) is 49.5 Å². The van der Waals surface area contributed by atoms with Gasteiger partial charge in [0.15, 0.2) is 18.1 Å². The van der Waals surface area contributed by atoms with Crippen molar-refractivity contribution in [3.05, 3.63) is 63.8 Å². The first-order valence-electron chi connectivity index (χ1n) is 9.98. The number of halogens is 1. The lowest BCUT2D eigenvalue weighted by Crippen LogP contribution is -2.26. The number of nitrogens with zero attached hydrogens (tertiary/aromatic N) is 2. The summed E-state index contributed by atoms with van der Waals surface area (Å²) in [6.07, 6.45) is 4.06. The summed E-state index contributed by atoms with van der Waals surface area (Å²) in [5.41, 5.74) is 2.71. The molecule has 1 heterocycles. The molecule has 2 aromatic carbocycles. The Morgan fingerprint density at radius 2 is 2.06 bits per heavy atom. The molecular weight excluding hydrogens is 472 g/mol. The number of carbonyl (C=O) groups is 1. The molecule has 32 heavy (non-hydrogen) atoms. The van der Waals surface area contributed by atoms with Gasteiger partial charge in [-0.2, -0.15) is 10.5 Å². The highest BCUT2D eigenvalue weighted by atomic mass is 79.9. The number of ether oxygens (including phenoxy) is 2. The molecule has 8 heteroatoms. The third-order valence-corrected chi connectivity index (χ3v) is 5.23. The Labute approximate surface area is 194 Å². The van der Waals surface area contributed by atoms with Gasteiger partial charge in [-0.15, -0.1) is 0 Å². The van der Waals surface area contributed by atoms with Gasteiger partial charge < -0.3 is 19.8 Å². The van der Waals surface area contributed by atoms with Crippen LogP contribution >= 0.6 is 15.9 Å². The van der Waals surface area contributed by atoms with E-state index in [0.29, 0.717) is 41.1 Å². The maximum absolute atomic E-state index is 12.6. The van der Waals surface area contributed by atoms with Crippen LogP contribution in [0.15, 0.2) is 52.6 Å². The predicted molar refractivity (Wildman–Crippen MR) is 125 cm³/mol. The lowest BCUT2D eigenvalue weighted by Gasteiger charge is -2.13. The maximum atomic E-state index is 12.6. The fourth-order valence-electron chi connectivity index (χ4n) is 3.24. The van der Waals surface area contributed by atoms with Crippen molar-refractivity contribution < 1.29 is 14.3 Å². The Balaban J connectivity index is 1.72. The summed E-state index contributed by atoms with van der Waals surface area (Å²) in [5, 5.41) is 22.2. The van der Waals surface area contributed by atoms with E-state index >= 15 is 0 Å². The first-order chi connectivity index (χ1) is 15.6. The highest BCUT2D eigenvalue weighted by molar-refractivity contribution is 9.10. The molecule has 0 fully saturated rings. The highest BCUT2D eigenvalue weighted by Crippen LogP contribution is 2.37. The van der Waals surface area contributed by atoms with Gasteiger partial charge in [0.1, 0.15) is 17.7 Å². The number of amides is 1. The van der Waals surface area contributed by atoms with E-state index in [0.717, 1.165) is 16.5 Å². The van der Waals surface area contributed by atoms with E-state index in [9.17, 15) is 10.1 Å². The lowest BCUT2D eigenvalue weighted by atomic mass is 10.1. The van der Waals surface area contributed by atoms with Crippen molar-refractivity contribution in [3.8, 4) is 23.6 Å². The third-order valence-electron chi connectivity index (χ3n) is 4.64. The maximum Gasteiger partial charge on any atom is 0.261 e. The summed E-state index contributed by atoms with van der Waals surface area (Å²) in [6, 6.07) is 15.2. The summed E-state index contributed by atoms with van der Waals surface area (Å²) in [7, 11) is 0. The molecule has 1 aromatic heterocycles. The van der Waals surface area contributed by atoms with Crippen molar-refractivity contribution in [1.82, 2.24) is 10.3 Å². The van der Waals surface area contributed by atoms with Crippen LogP contribution in [0.1, 0.15) is 18.1 Å². The van der Waals surface area contributed by atoms with E-state index in [1.54, 1.807) is 12.1 Å². The van der Waals surface area contributed by atoms with Crippen LogP contribution in [-0.4, -0.2) is 30.6 Å². The summed E-state index contributed by atoms with van der Waals surface area (Å²) >= 11 is 3.40. The van der Waals surface area contributed by atoms with Gasteiger partial charge in [-0.25, -0.2) is 0 Å². The molecule has 0 spiro atoms. The molecule has 0 aliphatic carbocycles. The zero-order valence-electron chi connectivity index (χ0n) is 17.4. The van der Waals surface area contributed by atoms with Gasteiger partial charge in [-0.3, -0.25) is 4.79 Å². The topological polar surface area (TPSA) is 111 Å². The smallest absolute Gasteiger partial charge is 0.261 e. The Morgan fingerprint density at radius 3 is 2.81 bits per heavy atom. The number of para-hydroxylation sites is 1. The molecule has 1 amide bonds. The molecule has 0 aliphatic heterocycles.